The van der Waals surface area contributed by atoms with Crippen LogP contribution >= 0.6 is 0 Å². The Morgan fingerprint density at radius 3 is 2.76 bits per heavy atom. The standard InChI is InChI=1S/C20H29NO4/c1-20(2,3)25-19(23)21-13-7-11-17(21)18(22)12-8-14-24-15-16-9-5-4-6-10-16/h4-6,8-10,12,17-18,22H,7,11,13-15H2,1-3H3/b12-8+/t17-,18-/m0/s1. The Hall–Kier alpha value is -1.85. The van der Waals surface area contributed by atoms with E-state index in [1.165, 1.54) is 0 Å². The Morgan fingerprint density at radius 2 is 2.08 bits per heavy atom. The van der Waals surface area contributed by atoms with Crippen LogP contribution in [0.25, 0.3) is 0 Å². The lowest BCUT2D eigenvalue weighted by molar-refractivity contribution is 0.0113. The molecule has 138 valence electrons. The predicted octanol–water partition coefficient (Wildman–Crippen LogP) is 3.52. The summed E-state index contributed by atoms with van der Waals surface area (Å²) in [5, 5.41) is 10.4. The minimum absolute atomic E-state index is 0.236. The Kier molecular flexibility index (Phi) is 7.02. The molecule has 1 aliphatic heterocycles. The fourth-order valence-electron chi connectivity index (χ4n) is 2.84. The lowest BCUT2D eigenvalue weighted by atomic mass is 10.1. The van der Waals surface area contributed by atoms with Gasteiger partial charge in [0, 0.05) is 6.54 Å². The van der Waals surface area contributed by atoms with Crippen LogP contribution in [0, 0.1) is 0 Å². The van der Waals surface area contributed by atoms with Crippen LogP contribution < -0.4 is 0 Å². The van der Waals surface area contributed by atoms with Crippen molar-refractivity contribution in [2.75, 3.05) is 13.2 Å². The zero-order chi connectivity index (χ0) is 18.3. The molecule has 5 nitrogen and oxygen atoms in total. The molecule has 1 saturated heterocycles. The maximum atomic E-state index is 12.3. The van der Waals surface area contributed by atoms with Gasteiger partial charge in [-0.25, -0.2) is 4.79 Å². The summed E-state index contributed by atoms with van der Waals surface area (Å²) in [6.07, 6.45) is 4.09. The largest absolute Gasteiger partial charge is 0.444 e. The monoisotopic (exact) mass is 347 g/mol. The normalized spacial score (nSPS) is 19.4. The van der Waals surface area contributed by atoms with Gasteiger partial charge in [-0.1, -0.05) is 42.5 Å². The number of aliphatic hydroxyl groups excluding tert-OH is 1. The summed E-state index contributed by atoms with van der Waals surface area (Å²) in [7, 11) is 0. The maximum Gasteiger partial charge on any atom is 0.410 e. The third-order valence-corrected chi connectivity index (χ3v) is 3.98. The van der Waals surface area contributed by atoms with Gasteiger partial charge in [-0.2, -0.15) is 0 Å². The predicted molar refractivity (Wildman–Crippen MR) is 97.2 cm³/mol. The van der Waals surface area contributed by atoms with Crippen LogP contribution in [0.15, 0.2) is 42.5 Å². The van der Waals surface area contributed by atoms with Crippen molar-refractivity contribution in [3.8, 4) is 0 Å². The molecule has 0 saturated carbocycles. The average molecular weight is 347 g/mol. The minimum Gasteiger partial charge on any atom is -0.444 e. The first-order chi connectivity index (χ1) is 11.9. The van der Waals surface area contributed by atoms with Crippen LogP contribution in [0.1, 0.15) is 39.2 Å². The quantitative estimate of drug-likeness (QED) is 0.632. The second kappa shape index (κ2) is 9.02. The van der Waals surface area contributed by atoms with Gasteiger partial charge in [0.1, 0.15) is 5.60 Å². The second-order valence-electron chi connectivity index (χ2n) is 7.30. The Bertz CT molecular complexity index is 565. The number of likely N-dealkylation sites (tertiary alicyclic amines) is 1. The van der Waals surface area contributed by atoms with Gasteiger partial charge in [0.15, 0.2) is 0 Å². The van der Waals surface area contributed by atoms with Crippen molar-refractivity contribution in [3.05, 3.63) is 48.0 Å². The maximum absolute atomic E-state index is 12.3. The van der Waals surface area contributed by atoms with Crippen molar-refractivity contribution in [2.24, 2.45) is 0 Å². The van der Waals surface area contributed by atoms with E-state index in [1.54, 1.807) is 17.1 Å². The number of hydrogen-bond donors (Lipinski definition) is 1. The summed E-state index contributed by atoms with van der Waals surface area (Å²) >= 11 is 0. The van der Waals surface area contributed by atoms with Gasteiger partial charge in [0.05, 0.1) is 25.4 Å². The van der Waals surface area contributed by atoms with Crippen LogP contribution in [0.4, 0.5) is 4.79 Å². The molecule has 25 heavy (non-hydrogen) atoms. The molecule has 1 amide bonds. The zero-order valence-electron chi connectivity index (χ0n) is 15.4. The topological polar surface area (TPSA) is 59.0 Å². The highest BCUT2D eigenvalue weighted by Gasteiger charge is 2.35. The van der Waals surface area contributed by atoms with Gasteiger partial charge in [-0.3, -0.25) is 0 Å². The van der Waals surface area contributed by atoms with Gasteiger partial charge < -0.3 is 19.5 Å². The van der Waals surface area contributed by atoms with E-state index in [0.717, 1.165) is 18.4 Å². The number of aliphatic hydroxyl groups is 1. The molecule has 1 N–H and O–H groups in total. The fraction of sp³-hybridized carbons (Fsp3) is 0.550. The lowest BCUT2D eigenvalue weighted by Crippen LogP contribution is -2.44. The van der Waals surface area contributed by atoms with Crippen molar-refractivity contribution < 1.29 is 19.4 Å². The van der Waals surface area contributed by atoms with Crippen molar-refractivity contribution in [2.45, 2.75) is 58.0 Å². The third kappa shape index (κ3) is 6.52. The van der Waals surface area contributed by atoms with Crippen molar-refractivity contribution in [1.82, 2.24) is 4.90 Å². The second-order valence-corrected chi connectivity index (χ2v) is 7.30. The van der Waals surface area contributed by atoms with E-state index >= 15 is 0 Å². The third-order valence-electron chi connectivity index (χ3n) is 3.98. The molecule has 0 spiro atoms. The first-order valence-corrected chi connectivity index (χ1v) is 8.83. The van der Waals surface area contributed by atoms with Gasteiger partial charge in [-0.15, -0.1) is 0 Å². The summed E-state index contributed by atoms with van der Waals surface area (Å²) < 4.78 is 11.0. The molecule has 1 fully saturated rings. The fourth-order valence-corrected chi connectivity index (χ4v) is 2.84. The number of carbonyl (C=O) groups is 1. The number of carbonyl (C=O) groups excluding carboxylic acids is 1. The van der Waals surface area contributed by atoms with E-state index < -0.39 is 11.7 Å². The molecular formula is C20H29NO4. The van der Waals surface area contributed by atoms with E-state index in [9.17, 15) is 9.90 Å². The van der Waals surface area contributed by atoms with E-state index in [1.807, 2.05) is 51.1 Å². The molecule has 1 aliphatic rings. The number of rotatable bonds is 6. The zero-order valence-corrected chi connectivity index (χ0v) is 15.4. The molecule has 0 unspecified atom stereocenters. The highest BCUT2D eigenvalue weighted by molar-refractivity contribution is 5.69. The highest BCUT2D eigenvalue weighted by atomic mass is 16.6. The minimum atomic E-state index is -0.713. The molecule has 1 aromatic rings. The van der Waals surface area contributed by atoms with Crippen LogP contribution in [0.5, 0.6) is 0 Å². The summed E-state index contributed by atoms with van der Waals surface area (Å²) in [6.45, 7) is 7.11. The van der Waals surface area contributed by atoms with Gasteiger partial charge >= 0.3 is 6.09 Å². The number of ether oxygens (including phenoxy) is 2. The molecule has 0 aromatic heterocycles. The van der Waals surface area contributed by atoms with Crippen molar-refractivity contribution in [3.63, 3.8) is 0 Å². The number of benzene rings is 1. The molecule has 0 aliphatic carbocycles. The van der Waals surface area contributed by atoms with Gasteiger partial charge in [0.2, 0.25) is 0 Å². The molecule has 0 radical (unpaired) electrons. The smallest absolute Gasteiger partial charge is 0.410 e. The summed E-state index contributed by atoms with van der Waals surface area (Å²) in [5.74, 6) is 0. The van der Waals surface area contributed by atoms with E-state index in [4.69, 9.17) is 9.47 Å². The number of hydrogen-bond acceptors (Lipinski definition) is 4. The highest BCUT2D eigenvalue weighted by Crippen LogP contribution is 2.23. The van der Waals surface area contributed by atoms with Gasteiger partial charge in [-0.05, 0) is 39.2 Å². The van der Waals surface area contributed by atoms with E-state index in [2.05, 4.69) is 0 Å². The molecule has 0 bridgehead atoms. The van der Waals surface area contributed by atoms with Crippen LogP contribution in [-0.2, 0) is 16.1 Å². The van der Waals surface area contributed by atoms with Crippen LogP contribution in [-0.4, -0.2) is 47.0 Å². The first kappa shape index (κ1) is 19.5. The molecular weight excluding hydrogens is 318 g/mol. The van der Waals surface area contributed by atoms with Crippen molar-refractivity contribution >= 4 is 6.09 Å². The summed E-state index contributed by atoms with van der Waals surface area (Å²) in [6, 6.07) is 9.71. The molecule has 1 heterocycles. The summed E-state index contributed by atoms with van der Waals surface area (Å²) in [5.41, 5.74) is 0.583. The molecule has 2 atom stereocenters. The Balaban J connectivity index is 1.78. The van der Waals surface area contributed by atoms with Crippen LogP contribution in [0.3, 0.4) is 0 Å². The lowest BCUT2D eigenvalue weighted by Gasteiger charge is -2.30. The molecule has 1 aromatic carbocycles. The van der Waals surface area contributed by atoms with E-state index in [0.29, 0.717) is 19.8 Å². The number of amides is 1. The number of nitrogens with zero attached hydrogens (tertiary/aromatic N) is 1. The Morgan fingerprint density at radius 1 is 1.36 bits per heavy atom. The average Bonchev–Trinajstić information content (AvgIpc) is 3.03. The molecule has 2 rings (SSSR count). The van der Waals surface area contributed by atoms with E-state index in [-0.39, 0.29) is 12.1 Å². The summed E-state index contributed by atoms with van der Waals surface area (Å²) in [4.78, 5) is 13.9. The van der Waals surface area contributed by atoms with Crippen LogP contribution in [0.2, 0.25) is 0 Å². The SMILES string of the molecule is CC(C)(C)OC(=O)N1CCC[C@H]1[C@@H](O)/C=C/COCc1ccccc1. The molecule has 5 heteroatoms. The first-order valence-electron chi connectivity index (χ1n) is 8.83. The van der Waals surface area contributed by atoms with Crippen molar-refractivity contribution in [1.29, 1.82) is 0 Å². The van der Waals surface area contributed by atoms with Gasteiger partial charge in [0.25, 0.3) is 0 Å². The Labute approximate surface area is 150 Å².